The summed E-state index contributed by atoms with van der Waals surface area (Å²) in [6.07, 6.45) is 1.85. The first-order valence-corrected chi connectivity index (χ1v) is 11.6. The summed E-state index contributed by atoms with van der Waals surface area (Å²) in [5.74, 6) is 0.427. The van der Waals surface area contributed by atoms with E-state index in [1.807, 2.05) is 30.1 Å². The number of pyridine rings is 1. The Morgan fingerprint density at radius 3 is 2.20 bits per heavy atom. The van der Waals surface area contributed by atoms with E-state index >= 15 is 0 Å². The van der Waals surface area contributed by atoms with E-state index in [2.05, 4.69) is 76.5 Å². The number of aliphatic imine (C=N–C) groups is 1. The van der Waals surface area contributed by atoms with Crippen molar-refractivity contribution in [1.82, 2.24) is 9.88 Å². The summed E-state index contributed by atoms with van der Waals surface area (Å²) in [4.78, 5) is 12.2. The number of phenols is 1. The molecule has 0 amide bonds. The van der Waals surface area contributed by atoms with Gasteiger partial charge in [0.05, 0.1) is 11.7 Å². The van der Waals surface area contributed by atoms with Crippen LogP contribution in [0.4, 0.5) is 0 Å². The number of hydrogen-bond donors (Lipinski definition) is 1. The maximum absolute atomic E-state index is 11.2. The molecule has 0 aliphatic carbocycles. The zero-order valence-corrected chi connectivity index (χ0v) is 19.9. The smallest absolute Gasteiger partial charge is 0.160 e. The van der Waals surface area contributed by atoms with Crippen LogP contribution in [-0.4, -0.2) is 32.0 Å². The normalized spacial score (nSPS) is 24.2. The number of hydrogen-bond acceptors (Lipinski definition) is 5. The van der Waals surface area contributed by atoms with Crippen LogP contribution in [0.15, 0.2) is 41.5 Å². The molecule has 3 unspecified atom stereocenters. The standard InChI is InChI=1S/C25H33N3OS/c1-15-14-28-21(20(27-23(28)30-15)19-10-8-9-11-26-19)16-12-17(24(2,3)4)22(29)18(13-16)25(5,6)7/h8-13,15,20-21,29H,14H2,1-7H3. The van der Waals surface area contributed by atoms with Gasteiger partial charge in [-0.3, -0.25) is 9.98 Å². The van der Waals surface area contributed by atoms with Crippen LogP contribution in [0.2, 0.25) is 0 Å². The Hall–Kier alpha value is -2.01. The second-order valence-corrected chi connectivity index (χ2v) is 12.0. The summed E-state index contributed by atoms with van der Waals surface area (Å²) < 4.78 is 0. The number of thioether (sulfide) groups is 1. The van der Waals surface area contributed by atoms with E-state index in [-0.39, 0.29) is 22.9 Å². The SMILES string of the molecule is CC1CN2C(=NC(c3ccccn3)C2c2cc(C(C)(C)C)c(O)c(C(C)(C)C)c2)S1. The fourth-order valence-electron chi connectivity index (χ4n) is 4.45. The molecule has 1 N–H and O–H groups in total. The maximum atomic E-state index is 11.2. The molecule has 4 rings (SSSR count). The predicted molar refractivity (Wildman–Crippen MR) is 126 cm³/mol. The van der Waals surface area contributed by atoms with Gasteiger partial charge in [-0.25, -0.2) is 0 Å². The van der Waals surface area contributed by atoms with E-state index in [1.54, 1.807) is 0 Å². The molecule has 1 aromatic heterocycles. The molecule has 3 atom stereocenters. The molecular weight excluding hydrogens is 390 g/mol. The van der Waals surface area contributed by atoms with Crippen molar-refractivity contribution in [2.45, 2.75) is 76.6 Å². The van der Waals surface area contributed by atoms with Crippen LogP contribution < -0.4 is 0 Å². The van der Waals surface area contributed by atoms with Crippen molar-refractivity contribution >= 4 is 16.9 Å². The van der Waals surface area contributed by atoms with Gasteiger partial charge in [0.15, 0.2) is 5.17 Å². The molecule has 0 bridgehead atoms. The number of rotatable bonds is 2. The van der Waals surface area contributed by atoms with Crippen LogP contribution in [-0.2, 0) is 10.8 Å². The number of aromatic hydroxyl groups is 1. The van der Waals surface area contributed by atoms with Crippen molar-refractivity contribution in [3.05, 3.63) is 58.9 Å². The fourth-order valence-corrected chi connectivity index (χ4v) is 5.54. The second-order valence-electron chi connectivity index (χ2n) is 10.6. The largest absolute Gasteiger partial charge is 0.507 e. The Balaban J connectivity index is 1.90. The molecular formula is C25H33N3OS. The minimum atomic E-state index is -0.157. The Labute approximate surface area is 184 Å². The average molecular weight is 424 g/mol. The lowest BCUT2D eigenvalue weighted by atomic mass is 9.77. The van der Waals surface area contributed by atoms with Crippen molar-refractivity contribution in [2.24, 2.45) is 4.99 Å². The molecule has 0 radical (unpaired) electrons. The zero-order valence-electron chi connectivity index (χ0n) is 19.1. The first-order valence-electron chi connectivity index (χ1n) is 10.8. The highest BCUT2D eigenvalue weighted by atomic mass is 32.2. The summed E-state index contributed by atoms with van der Waals surface area (Å²) in [5.41, 5.74) is 3.90. The van der Waals surface area contributed by atoms with Gasteiger partial charge in [0, 0.05) is 18.0 Å². The van der Waals surface area contributed by atoms with Crippen LogP contribution in [0.25, 0.3) is 0 Å². The highest BCUT2D eigenvalue weighted by molar-refractivity contribution is 8.14. The molecule has 1 fully saturated rings. The van der Waals surface area contributed by atoms with Crippen LogP contribution in [0.5, 0.6) is 5.75 Å². The number of nitrogens with zero attached hydrogens (tertiary/aromatic N) is 3. The Bertz CT molecular complexity index is 937. The fraction of sp³-hybridized carbons (Fsp3) is 0.520. The lowest BCUT2D eigenvalue weighted by Crippen LogP contribution is -2.29. The monoisotopic (exact) mass is 423 g/mol. The van der Waals surface area contributed by atoms with Crippen molar-refractivity contribution in [3.8, 4) is 5.75 Å². The Kier molecular flexibility index (Phi) is 5.16. The molecule has 2 aliphatic heterocycles. The number of aromatic nitrogens is 1. The molecule has 3 heterocycles. The van der Waals surface area contributed by atoms with E-state index in [9.17, 15) is 5.11 Å². The highest BCUT2D eigenvalue weighted by Gasteiger charge is 2.44. The van der Waals surface area contributed by atoms with Crippen molar-refractivity contribution in [1.29, 1.82) is 0 Å². The first kappa shape index (κ1) is 21.2. The van der Waals surface area contributed by atoms with Gasteiger partial charge in [-0.1, -0.05) is 66.3 Å². The third kappa shape index (κ3) is 3.73. The minimum absolute atomic E-state index is 0.0358. The zero-order chi connectivity index (χ0) is 21.8. The van der Waals surface area contributed by atoms with E-state index in [0.29, 0.717) is 11.0 Å². The molecule has 5 heteroatoms. The first-order chi connectivity index (χ1) is 14.0. The van der Waals surface area contributed by atoms with E-state index in [0.717, 1.165) is 28.5 Å². The summed E-state index contributed by atoms with van der Waals surface area (Å²) >= 11 is 1.85. The lowest BCUT2D eigenvalue weighted by molar-refractivity contribution is 0.319. The number of phenolic OH excluding ortho intramolecular Hbond substituents is 1. The third-order valence-electron chi connectivity index (χ3n) is 5.97. The maximum Gasteiger partial charge on any atom is 0.160 e. The second kappa shape index (κ2) is 7.30. The topological polar surface area (TPSA) is 48.7 Å². The molecule has 0 spiro atoms. The van der Waals surface area contributed by atoms with Crippen molar-refractivity contribution < 1.29 is 5.11 Å². The van der Waals surface area contributed by atoms with Crippen LogP contribution in [0.1, 0.15) is 82.9 Å². The summed E-state index contributed by atoms with van der Waals surface area (Å²) in [6.45, 7) is 16.2. The molecule has 2 aliphatic rings. The van der Waals surface area contributed by atoms with Crippen molar-refractivity contribution in [3.63, 3.8) is 0 Å². The summed E-state index contributed by atoms with van der Waals surface area (Å²) in [6, 6.07) is 10.5. The summed E-state index contributed by atoms with van der Waals surface area (Å²) in [5, 5.41) is 12.8. The van der Waals surface area contributed by atoms with Gasteiger partial charge in [0.2, 0.25) is 0 Å². The Morgan fingerprint density at radius 2 is 1.67 bits per heavy atom. The molecule has 160 valence electrons. The average Bonchev–Trinajstić information content (AvgIpc) is 3.16. The van der Waals surface area contributed by atoms with Gasteiger partial charge in [0.25, 0.3) is 0 Å². The number of fused-ring (bicyclic) bond motifs is 1. The minimum Gasteiger partial charge on any atom is -0.507 e. The van der Waals surface area contributed by atoms with Crippen LogP contribution in [0, 0.1) is 0 Å². The quantitative estimate of drug-likeness (QED) is 0.646. The van der Waals surface area contributed by atoms with Gasteiger partial charge in [-0.05, 0) is 51.8 Å². The third-order valence-corrected chi connectivity index (χ3v) is 7.07. The molecule has 1 aromatic carbocycles. The summed E-state index contributed by atoms with van der Waals surface area (Å²) in [7, 11) is 0. The van der Waals surface area contributed by atoms with Gasteiger partial charge in [-0.15, -0.1) is 0 Å². The molecule has 1 saturated heterocycles. The van der Waals surface area contributed by atoms with Crippen LogP contribution >= 0.6 is 11.8 Å². The molecule has 2 aromatic rings. The van der Waals surface area contributed by atoms with Gasteiger partial charge >= 0.3 is 0 Å². The molecule has 4 nitrogen and oxygen atoms in total. The molecule has 30 heavy (non-hydrogen) atoms. The van der Waals surface area contributed by atoms with E-state index in [4.69, 9.17) is 4.99 Å². The predicted octanol–water partition coefficient (Wildman–Crippen LogP) is 5.97. The van der Waals surface area contributed by atoms with Gasteiger partial charge in [-0.2, -0.15) is 0 Å². The van der Waals surface area contributed by atoms with Gasteiger partial charge in [0.1, 0.15) is 11.8 Å². The number of amidine groups is 1. The van der Waals surface area contributed by atoms with E-state index in [1.165, 1.54) is 5.56 Å². The lowest BCUT2D eigenvalue weighted by Gasteiger charge is -2.32. The highest BCUT2D eigenvalue weighted by Crippen LogP contribution is 2.50. The van der Waals surface area contributed by atoms with E-state index < -0.39 is 0 Å². The Morgan fingerprint density at radius 1 is 1.03 bits per heavy atom. The van der Waals surface area contributed by atoms with Crippen molar-refractivity contribution in [2.75, 3.05) is 6.54 Å². The number of benzene rings is 1. The molecule has 0 saturated carbocycles. The van der Waals surface area contributed by atoms with Gasteiger partial charge < -0.3 is 10.0 Å². The van der Waals surface area contributed by atoms with Crippen LogP contribution in [0.3, 0.4) is 0 Å².